The number of pyridine rings is 4. The summed E-state index contributed by atoms with van der Waals surface area (Å²) in [5.41, 5.74) is 38.7. The van der Waals surface area contributed by atoms with Crippen molar-refractivity contribution in [3.63, 3.8) is 0 Å². The minimum absolute atomic E-state index is 0.434. The largest absolute Gasteiger partial charge is 0.309 e. The second-order valence-corrected chi connectivity index (χ2v) is 37.7. The molecule has 0 aliphatic carbocycles. The molecule has 0 aliphatic rings. The Bertz CT molecular complexity index is 9140. The van der Waals surface area contributed by atoms with Gasteiger partial charge in [0.1, 0.15) is 11.4 Å². The van der Waals surface area contributed by atoms with Gasteiger partial charge in [0.25, 0.3) is 0 Å². The molecule has 0 unspecified atom stereocenters. The highest BCUT2D eigenvalue weighted by atomic mass is 15.1. The van der Waals surface area contributed by atoms with Gasteiger partial charge in [0.05, 0.1) is 55.5 Å². The van der Waals surface area contributed by atoms with Crippen LogP contribution >= 0.6 is 0 Å². The van der Waals surface area contributed by atoms with Crippen molar-refractivity contribution in [2.75, 3.05) is 0 Å². The minimum atomic E-state index is 0.434. The zero-order valence-corrected chi connectivity index (χ0v) is 79.9. The molecule has 13 nitrogen and oxygen atoms in total. The van der Waals surface area contributed by atoms with E-state index < -0.39 is 0 Å². The first kappa shape index (κ1) is 85.8. The van der Waals surface area contributed by atoms with E-state index in [2.05, 4.69) is 447 Å². The molecule has 13 heteroatoms. The molecule has 10 aromatic heterocycles. The van der Waals surface area contributed by atoms with Crippen molar-refractivity contribution in [2.24, 2.45) is 0 Å². The Morgan fingerprint density at radius 2 is 0.324 bits per heavy atom. The molecule has 28 aromatic rings. The van der Waals surface area contributed by atoms with E-state index in [0.717, 1.165) is 244 Å². The Balaban J connectivity index is 0.570. The van der Waals surface area contributed by atoms with Crippen LogP contribution in [-0.2, 0) is 0 Å². The van der Waals surface area contributed by atoms with E-state index in [0.29, 0.717) is 34.7 Å². The molecule has 0 radical (unpaired) electrons. The maximum atomic E-state index is 5.52. The topological polar surface area (TPSA) is 136 Å². The molecule has 28 rings (SSSR count). The first-order chi connectivity index (χ1) is 73.3. The first-order valence-electron chi connectivity index (χ1n) is 49.8. The lowest BCUT2D eigenvalue weighted by molar-refractivity contribution is 1.04. The average Bonchev–Trinajstić information content (AvgIpc) is 1.57. The van der Waals surface area contributed by atoms with E-state index in [1.807, 2.05) is 85.5 Å². The van der Waals surface area contributed by atoms with Crippen LogP contribution in [0, 0.1) is 0 Å². The van der Waals surface area contributed by atoms with Crippen LogP contribution in [0.3, 0.4) is 0 Å². The smallest absolute Gasteiger partial charge is 0.182 e. The summed E-state index contributed by atoms with van der Waals surface area (Å²) >= 11 is 0. The maximum Gasteiger partial charge on any atom is 0.182 e. The van der Waals surface area contributed by atoms with E-state index >= 15 is 0 Å². The number of aromatic nitrogens is 13. The molecule has 10 heterocycles. The first-order valence-corrected chi connectivity index (χ1v) is 49.8. The highest BCUT2D eigenvalue weighted by molar-refractivity contribution is 6.16. The van der Waals surface area contributed by atoms with Crippen molar-refractivity contribution in [2.45, 2.75) is 0 Å². The maximum absolute atomic E-state index is 5.52. The summed E-state index contributed by atoms with van der Waals surface area (Å²) in [4.78, 5) is 45.3. The predicted molar refractivity (Wildman–Crippen MR) is 605 cm³/mol. The summed E-state index contributed by atoms with van der Waals surface area (Å²) in [5.74, 6) is 1.91. The van der Waals surface area contributed by atoms with Gasteiger partial charge < -0.3 is 18.3 Å². The summed E-state index contributed by atoms with van der Waals surface area (Å²) in [6, 6.07) is 173. The van der Waals surface area contributed by atoms with Crippen LogP contribution in [0.1, 0.15) is 0 Å². The third-order valence-corrected chi connectivity index (χ3v) is 28.9. The average molecular weight is 1890 g/mol. The van der Waals surface area contributed by atoms with Crippen LogP contribution < -0.4 is 0 Å². The Kier molecular flexibility index (Phi) is 20.9. The van der Waals surface area contributed by atoms with Crippen molar-refractivity contribution >= 4 is 87.2 Å². The van der Waals surface area contributed by atoms with Gasteiger partial charge in [-0.3, -0.25) is 19.9 Å². The molecule has 0 spiro atoms. The summed E-state index contributed by atoms with van der Waals surface area (Å²) in [6.07, 6.45) is 10.8. The molecule has 0 atom stereocenters. The zero-order valence-electron chi connectivity index (χ0n) is 79.9. The molecule has 0 saturated carbocycles. The number of fused-ring (bicyclic) bond motifs is 12. The summed E-state index contributed by atoms with van der Waals surface area (Å²) < 4.78 is 9.71. The van der Waals surface area contributed by atoms with Gasteiger partial charge in [0, 0.05) is 125 Å². The fourth-order valence-corrected chi connectivity index (χ4v) is 21.7. The van der Waals surface area contributed by atoms with Gasteiger partial charge >= 0.3 is 0 Å². The van der Waals surface area contributed by atoms with Gasteiger partial charge in [0.15, 0.2) is 23.3 Å². The summed E-state index contributed by atoms with van der Waals surface area (Å²) in [7, 11) is 0. The van der Waals surface area contributed by atoms with Crippen LogP contribution in [-0.4, -0.2) is 63.1 Å². The van der Waals surface area contributed by atoms with E-state index in [1.54, 1.807) is 12.4 Å². The molecular weight excluding hydrogens is 1800 g/mol. The lowest BCUT2D eigenvalue weighted by atomic mass is 9.96. The number of hydrogen-bond acceptors (Lipinski definition) is 9. The quantitative estimate of drug-likeness (QED) is 0.0775. The third-order valence-electron chi connectivity index (χ3n) is 28.9. The van der Waals surface area contributed by atoms with E-state index in [4.69, 9.17) is 34.9 Å². The van der Waals surface area contributed by atoms with Crippen molar-refractivity contribution in [1.82, 2.24) is 63.1 Å². The molecule has 148 heavy (non-hydrogen) atoms. The van der Waals surface area contributed by atoms with Crippen LogP contribution in [0.15, 0.2) is 516 Å². The van der Waals surface area contributed by atoms with E-state index in [9.17, 15) is 0 Å². The normalized spacial score (nSPS) is 11.6. The predicted octanol–water partition coefficient (Wildman–Crippen LogP) is 33.6. The summed E-state index contributed by atoms with van der Waals surface area (Å²) in [5, 5.41) is 8.98. The Hall–Kier alpha value is -20.1. The molecule has 0 bridgehead atoms. The number of hydrogen-bond donors (Lipinski definition) is 0. The van der Waals surface area contributed by atoms with Crippen molar-refractivity contribution in [1.29, 1.82) is 0 Å². The highest BCUT2D eigenvalue weighted by Gasteiger charge is 2.27. The summed E-state index contributed by atoms with van der Waals surface area (Å²) in [6.45, 7) is 0. The van der Waals surface area contributed by atoms with E-state index in [1.165, 1.54) is 0 Å². The Morgan fingerprint density at radius 1 is 0.122 bits per heavy atom. The van der Waals surface area contributed by atoms with Gasteiger partial charge in [-0.2, -0.15) is 0 Å². The van der Waals surface area contributed by atoms with Crippen LogP contribution in [0.25, 0.3) is 278 Å². The van der Waals surface area contributed by atoms with Crippen LogP contribution in [0.5, 0.6) is 0 Å². The van der Waals surface area contributed by atoms with Gasteiger partial charge in [0.2, 0.25) is 0 Å². The lowest BCUT2D eigenvalue weighted by Crippen LogP contribution is -2.04. The minimum Gasteiger partial charge on any atom is -0.309 e. The molecular formula is C135H85N13. The van der Waals surface area contributed by atoms with Crippen LogP contribution in [0.2, 0.25) is 0 Å². The molecule has 0 aliphatic heterocycles. The fourth-order valence-electron chi connectivity index (χ4n) is 21.7. The lowest BCUT2D eigenvalue weighted by Gasteiger charge is -2.16. The zero-order chi connectivity index (χ0) is 97.6. The highest BCUT2D eigenvalue weighted by Crippen LogP contribution is 2.48. The van der Waals surface area contributed by atoms with Crippen LogP contribution in [0.4, 0.5) is 0 Å². The fraction of sp³-hybridized carbons (Fsp3) is 0. The van der Waals surface area contributed by atoms with Gasteiger partial charge in [-0.15, -0.1) is 0 Å². The van der Waals surface area contributed by atoms with Crippen molar-refractivity contribution < 1.29 is 0 Å². The molecule has 0 fully saturated rings. The molecule has 0 amide bonds. The Labute approximate surface area is 852 Å². The number of rotatable bonds is 19. The van der Waals surface area contributed by atoms with Crippen molar-refractivity contribution in [3.8, 4) is 191 Å². The third kappa shape index (κ3) is 15.5. The molecule has 690 valence electrons. The van der Waals surface area contributed by atoms with Gasteiger partial charge in [-0.05, 0) is 288 Å². The molecule has 18 aromatic carbocycles. The Morgan fingerprint density at radius 3 is 0.554 bits per heavy atom. The second-order valence-electron chi connectivity index (χ2n) is 37.7. The van der Waals surface area contributed by atoms with Gasteiger partial charge in [-0.1, -0.05) is 291 Å². The number of nitrogens with zero attached hydrogens (tertiary/aromatic N) is 13. The molecule has 0 N–H and O–H groups in total. The standard InChI is InChI=1S/C135H85N13/c1-7-23-86(24-8-1)98-45-53-124-112(75-98)113-76-99(87-25-9-2-10-26-87)46-54-125(113)145(124)108-71-106(132-140-122(96-61-67-136-68-62-96)85-123(141-132)97-63-69-137-70-64-97)72-109(83-108)146-128-57-49-102(90-31-15-5-16-32-90)79-116(128)118-81-104(51-59-130(118)146)94-41-37-92(38-42-94)93-39-43-95(44-40-93)105-52-60-131-119(82-105)117-80-103(91-33-17-6-18-34-91)50-58-129(117)148(131)111-74-107(133-142-134(120-35-19-21-65-138-120)144-135(143-133)121-36-20-22-66-139-121)73-110(84-111)147-126-55-47-100(88-27-11-3-12-28-88)77-114(126)115-78-101(48-56-127(115)147)89-29-13-4-14-30-89/h1-85H. The monoisotopic (exact) mass is 1890 g/mol. The van der Waals surface area contributed by atoms with E-state index in [-0.39, 0.29) is 0 Å². The number of benzene rings is 18. The molecule has 0 saturated heterocycles. The van der Waals surface area contributed by atoms with Crippen molar-refractivity contribution in [3.05, 3.63) is 516 Å². The second kappa shape index (κ2) is 36.1. The van der Waals surface area contributed by atoms with Gasteiger partial charge in [-0.25, -0.2) is 24.9 Å². The SMILES string of the molecule is c1ccc(-c2ccc3c(c2)c2cc(-c4ccccc4)ccc2n3-c2cc(-c3nc(-c4ccncc4)cc(-c4ccncc4)n3)cc(-n3c4ccc(-c5ccccc5)cc4c4cc(-c5ccc(-c6ccc(-c7ccc8c(c7)c7cc(-c9ccccc9)ccc7n8-c7cc(-c8nc(-c9ccccn9)nc(-c9ccccn9)n8)cc(-n8c9ccc(-c%10ccccc%10)cc9c9cc(-c%10ccccc%10)ccc98)c7)cc6)cc5)ccc43)c2)cc1.